The molecule has 0 saturated carbocycles. The van der Waals surface area contributed by atoms with E-state index in [1.165, 1.54) is 6.26 Å². The molecule has 2 aromatic carbocycles. The first kappa shape index (κ1) is 9.59. The van der Waals surface area contributed by atoms with Gasteiger partial charge in [0.15, 0.2) is 0 Å². The Morgan fingerprint density at radius 3 is 2.53 bits per heavy atom. The zero-order valence-corrected chi connectivity index (χ0v) is 8.31. The number of hydrogen-bond donors (Lipinski definition) is 1. The van der Waals surface area contributed by atoms with Crippen molar-refractivity contribution in [1.82, 2.24) is 0 Å². The molecule has 0 radical (unpaired) electrons. The fourth-order valence-corrected chi connectivity index (χ4v) is 1.54. The Balaban J connectivity index is 2.47. The Morgan fingerprint density at radius 1 is 1.20 bits per heavy atom. The van der Waals surface area contributed by atoms with Gasteiger partial charge < -0.3 is 9.84 Å². The summed E-state index contributed by atoms with van der Waals surface area (Å²) in [7, 11) is 0. The molecular weight excluding hydrogens is 188 g/mol. The molecule has 0 spiro atoms. The summed E-state index contributed by atoms with van der Waals surface area (Å²) in [6.45, 7) is 3.81. The van der Waals surface area contributed by atoms with Gasteiger partial charge in [-0.05, 0) is 22.9 Å². The summed E-state index contributed by atoms with van der Waals surface area (Å²) in [5.74, 6) is 0.260. The maximum absolute atomic E-state index is 9.72. The summed E-state index contributed by atoms with van der Waals surface area (Å²) in [5, 5.41) is 11.8. The highest BCUT2D eigenvalue weighted by atomic mass is 16.5. The molecular formula is C13H12O2. The molecule has 0 aliphatic carbocycles. The first-order valence-corrected chi connectivity index (χ1v) is 4.74. The van der Waals surface area contributed by atoms with Crippen LogP contribution in [0.3, 0.4) is 0 Å². The van der Waals surface area contributed by atoms with Crippen molar-refractivity contribution in [2.24, 2.45) is 0 Å². The van der Waals surface area contributed by atoms with Crippen molar-refractivity contribution in [2.45, 2.75) is 6.61 Å². The molecule has 2 aromatic rings. The summed E-state index contributed by atoms with van der Waals surface area (Å²) < 4.78 is 5.05. The second kappa shape index (κ2) is 4.05. The third-order valence-corrected chi connectivity index (χ3v) is 2.30. The lowest BCUT2D eigenvalue weighted by Crippen LogP contribution is -1.87. The van der Waals surface area contributed by atoms with Gasteiger partial charge in [-0.3, -0.25) is 0 Å². The standard InChI is InChI=1S/C13H12O2/c1-2-15-9-12-7-10-5-3-4-6-11(10)8-13(12)14/h2-8,14H,1,9H2. The lowest BCUT2D eigenvalue weighted by molar-refractivity contribution is 0.233. The second-order valence-corrected chi connectivity index (χ2v) is 3.31. The van der Waals surface area contributed by atoms with Crippen LogP contribution in [-0.4, -0.2) is 5.11 Å². The van der Waals surface area contributed by atoms with E-state index in [0.29, 0.717) is 6.61 Å². The van der Waals surface area contributed by atoms with Crippen molar-refractivity contribution >= 4 is 10.8 Å². The van der Waals surface area contributed by atoms with E-state index in [2.05, 4.69) is 6.58 Å². The predicted molar refractivity (Wildman–Crippen MR) is 60.6 cm³/mol. The molecule has 15 heavy (non-hydrogen) atoms. The van der Waals surface area contributed by atoms with Gasteiger partial charge in [-0.15, -0.1) is 0 Å². The molecule has 0 heterocycles. The quantitative estimate of drug-likeness (QED) is 0.771. The van der Waals surface area contributed by atoms with Crippen LogP contribution in [0, 0.1) is 0 Å². The molecule has 0 saturated heterocycles. The van der Waals surface area contributed by atoms with Crippen LogP contribution in [0.1, 0.15) is 5.56 Å². The highest BCUT2D eigenvalue weighted by molar-refractivity contribution is 5.84. The highest BCUT2D eigenvalue weighted by Gasteiger charge is 2.03. The molecule has 0 amide bonds. The number of benzene rings is 2. The molecule has 1 N–H and O–H groups in total. The topological polar surface area (TPSA) is 29.5 Å². The smallest absolute Gasteiger partial charge is 0.122 e. The molecule has 0 aliphatic heterocycles. The summed E-state index contributed by atoms with van der Waals surface area (Å²) in [5.41, 5.74) is 0.772. The van der Waals surface area contributed by atoms with Crippen molar-refractivity contribution in [3.05, 3.63) is 54.8 Å². The average Bonchev–Trinajstić information content (AvgIpc) is 2.26. The molecule has 2 rings (SSSR count). The third kappa shape index (κ3) is 1.94. The monoisotopic (exact) mass is 200 g/mol. The van der Waals surface area contributed by atoms with Gasteiger partial charge in [0.1, 0.15) is 12.4 Å². The number of fused-ring (bicyclic) bond motifs is 1. The van der Waals surface area contributed by atoms with Crippen molar-refractivity contribution in [3.63, 3.8) is 0 Å². The molecule has 76 valence electrons. The molecule has 0 aromatic heterocycles. The van der Waals surface area contributed by atoms with E-state index in [1.807, 2.05) is 30.3 Å². The minimum atomic E-state index is 0.260. The van der Waals surface area contributed by atoms with Crippen molar-refractivity contribution < 1.29 is 9.84 Å². The van der Waals surface area contributed by atoms with Gasteiger partial charge in [0.05, 0.1) is 6.26 Å². The van der Waals surface area contributed by atoms with E-state index in [1.54, 1.807) is 6.07 Å². The van der Waals surface area contributed by atoms with Gasteiger partial charge in [0, 0.05) is 5.56 Å². The second-order valence-electron chi connectivity index (χ2n) is 3.31. The van der Waals surface area contributed by atoms with E-state index in [-0.39, 0.29) is 5.75 Å². The molecule has 0 aliphatic rings. The molecule has 2 nitrogen and oxygen atoms in total. The van der Waals surface area contributed by atoms with Crippen LogP contribution in [0.5, 0.6) is 5.75 Å². The van der Waals surface area contributed by atoms with E-state index in [0.717, 1.165) is 16.3 Å². The van der Waals surface area contributed by atoms with E-state index < -0.39 is 0 Å². The van der Waals surface area contributed by atoms with Crippen LogP contribution in [0.25, 0.3) is 10.8 Å². The van der Waals surface area contributed by atoms with Crippen LogP contribution >= 0.6 is 0 Å². The van der Waals surface area contributed by atoms with Gasteiger partial charge in [-0.2, -0.15) is 0 Å². The van der Waals surface area contributed by atoms with Crippen LogP contribution in [0.2, 0.25) is 0 Å². The van der Waals surface area contributed by atoms with Crippen molar-refractivity contribution in [2.75, 3.05) is 0 Å². The molecule has 2 heteroatoms. The number of aromatic hydroxyl groups is 1. The minimum absolute atomic E-state index is 0.260. The summed E-state index contributed by atoms with van der Waals surface area (Å²) in [6.07, 6.45) is 1.37. The summed E-state index contributed by atoms with van der Waals surface area (Å²) in [4.78, 5) is 0. The van der Waals surface area contributed by atoms with E-state index in [4.69, 9.17) is 4.74 Å². The summed E-state index contributed by atoms with van der Waals surface area (Å²) >= 11 is 0. The van der Waals surface area contributed by atoms with Crippen LogP contribution < -0.4 is 0 Å². The van der Waals surface area contributed by atoms with Crippen LogP contribution in [0.4, 0.5) is 0 Å². The van der Waals surface area contributed by atoms with E-state index >= 15 is 0 Å². The first-order chi connectivity index (χ1) is 7.31. The van der Waals surface area contributed by atoms with Gasteiger partial charge in [0.2, 0.25) is 0 Å². The number of hydrogen-bond acceptors (Lipinski definition) is 2. The first-order valence-electron chi connectivity index (χ1n) is 4.74. The SMILES string of the molecule is C=COCc1cc2ccccc2cc1O. The lowest BCUT2D eigenvalue weighted by Gasteiger charge is -2.06. The molecule has 0 bridgehead atoms. The Kier molecular flexibility index (Phi) is 2.59. The fourth-order valence-electron chi connectivity index (χ4n) is 1.54. The third-order valence-electron chi connectivity index (χ3n) is 2.30. The van der Waals surface area contributed by atoms with Gasteiger partial charge >= 0.3 is 0 Å². The number of phenolic OH excluding ortho intramolecular Hbond substituents is 1. The fraction of sp³-hybridized carbons (Fsp3) is 0.0769. The molecule has 0 unspecified atom stereocenters. The minimum Gasteiger partial charge on any atom is -0.508 e. The van der Waals surface area contributed by atoms with Crippen LogP contribution in [0.15, 0.2) is 49.2 Å². The number of rotatable bonds is 3. The maximum atomic E-state index is 9.72. The molecule has 0 fully saturated rings. The zero-order chi connectivity index (χ0) is 10.7. The Bertz CT molecular complexity index is 489. The predicted octanol–water partition coefficient (Wildman–Crippen LogP) is 3.21. The molecule has 0 atom stereocenters. The van der Waals surface area contributed by atoms with E-state index in [9.17, 15) is 5.11 Å². The van der Waals surface area contributed by atoms with Crippen LogP contribution in [-0.2, 0) is 11.3 Å². The summed E-state index contributed by atoms with van der Waals surface area (Å²) in [6, 6.07) is 11.6. The normalized spacial score (nSPS) is 10.1. The van der Waals surface area contributed by atoms with Gasteiger partial charge in [0.25, 0.3) is 0 Å². The Morgan fingerprint density at radius 2 is 1.87 bits per heavy atom. The Labute approximate surface area is 88.4 Å². The Hall–Kier alpha value is -1.96. The van der Waals surface area contributed by atoms with Gasteiger partial charge in [-0.1, -0.05) is 30.8 Å². The highest BCUT2D eigenvalue weighted by Crippen LogP contribution is 2.25. The largest absolute Gasteiger partial charge is 0.508 e. The number of phenols is 1. The lowest BCUT2D eigenvalue weighted by atomic mass is 10.1. The van der Waals surface area contributed by atoms with Crippen molar-refractivity contribution in [3.8, 4) is 5.75 Å². The van der Waals surface area contributed by atoms with Crippen molar-refractivity contribution in [1.29, 1.82) is 0 Å². The number of ether oxygens (including phenoxy) is 1. The van der Waals surface area contributed by atoms with Gasteiger partial charge in [-0.25, -0.2) is 0 Å². The zero-order valence-electron chi connectivity index (χ0n) is 8.31. The average molecular weight is 200 g/mol. The maximum Gasteiger partial charge on any atom is 0.122 e.